The summed E-state index contributed by atoms with van der Waals surface area (Å²) in [5.74, 6) is -8.46. The number of amides is 1. The number of rotatable bonds is 7. The molecular weight excluding hydrogens is 318 g/mol. The van der Waals surface area contributed by atoms with E-state index in [9.17, 15) is 27.2 Å². The van der Waals surface area contributed by atoms with Crippen molar-refractivity contribution >= 4 is 23.3 Å². The van der Waals surface area contributed by atoms with E-state index in [-0.39, 0.29) is 32.1 Å². The van der Waals surface area contributed by atoms with Crippen molar-refractivity contribution in [1.29, 1.82) is 0 Å². The summed E-state index contributed by atoms with van der Waals surface area (Å²) in [5.41, 5.74) is 0. The van der Waals surface area contributed by atoms with Gasteiger partial charge in [-0.1, -0.05) is 6.92 Å². The summed E-state index contributed by atoms with van der Waals surface area (Å²) in [6.07, 6.45) is -3.82. The average molecular weight is 334 g/mol. The molecule has 4 nitrogen and oxygen atoms in total. The van der Waals surface area contributed by atoms with Crippen LogP contribution in [0, 0.1) is 5.92 Å². The van der Waals surface area contributed by atoms with Crippen molar-refractivity contribution in [2.75, 3.05) is 25.6 Å². The minimum Gasteiger partial charge on any atom is -0.378 e. The Morgan fingerprint density at radius 3 is 2.48 bits per heavy atom. The molecule has 1 aliphatic rings. The van der Waals surface area contributed by atoms with Crippen LogP contribution < -0.4 is 0 Å². The third kappa shape index (κ3) is 3.85. The number of carbonyl (C=O) groups excluding carboxylic acids is 2. The fraction of sp³-hybridized carbons (Fsp3) is 0.833. The van der Waals surface area contributed by atoms with Crippen molar-refractivity contribution in [3.8, 4) is 0 Å². The lowest BCUT2D eigenvalue weighted by atomic mass is 9.97. The molecule has 2 unspecified atom stereocenters. The van der Waals surface area contributed by atoms with E-state index in [0.29, 0.717) is 4.90 Å². The highest BCUT2D eigenvalue weighted by molar-refractivity contribution is 6.28. The molecule has 0 aromatic rings. The predicted molar refractivity (Wildman–Crippen MR) is 66.8 cm³/mol. The van der Waals surface area contributed by atoms with E-state index in [4.69, 9.17) is 16.3 Å². The number of nitrogens with zero attached hydrogens (tertiary/aromatic N) is 1. The van der Waals surface area contributed by atoms with E-state index in [2.05, 4.69) is 0 Å². The zero-order valence-corrected chi connectivity index (χ0v) is 12.1. The molecule has 0 spiro atoms. The maximum Gasteiger partial charge on any atom is 0.383 e. The number of ketones is 1. The molecule has 0 aromatic heterocycles. The monoisotopic (exact) mass is 333 g/mol. The van der Waals surface area contributed by atoms with E-state index in [0.717, 1.165) is 0 Å². The number of hydrogen-bond acceptors (Lipinski definition) is 3. The van der Waals surface area contributed by atoms with Crippen molar-refractivity contribution in [2.45, 2.75) is 31.7 Å². The number of alkyl halides is 5. The second-order valence-corrected chi connectivity index (χ2v) is 5.00. The third-order valence-corrected chi connectivity index (χ3v) is 3.54. The molecule has 1 heterocycles. The molecule has 21 heavy (non-hydrogen) atoms. The van der Waals surface area contributed by atoms with Gasteiger partial charge in [0.05, 0.1) is 31.1 Å². The normalized spacial score (nSPS) is 22.6. The second-order valence-electron chi connectivity index (χ2n) is 4.73. The Bertz CT molecular complexity index is 395. The molecule has 1 rings (SSSR count). The first kappa shape index (κ1) is 18.2. The van der Waals surface area contributed by atoms with Gasteiger partial charge < -0.3 is 9.64 Å². The van der Waals surface area contributed by atoms with E-state index in [1.54, 1.807) is 6.92 Å². The van der Waals surface area contributed by atoms with Crippen molar-refractivity contribution in [2.24, 2.45) is 5.92 Å². The Hall–Kier alpha value is -0.890. The van der Waals surface area contributed by atoms with Crippen molar-refractivity contribution < 1.29 is 31.9 Å². The van der Waals surface area contributed by atoms with Crippen LogP contribution in [0.2, 0.25) is 0 Å². The topological polar surface area (TPSA) is 46.6 Å². The molecule has 9 heteroatoms. The van der Waals surface area contributed by atoms with Gasteiger partial charge in [0, 0.05) is 6.54 Å². The summed E-state index contributed by atoms with van der Waals surface area (Å²) < 4.78 is 56.3. The standard InChI is InChI=1S/C12H16ClF4NO3/c1-2-3-18(11(20)12(16,17)10(14)15)8-6-21-5-7(8)9(19)4-13/h7-8,10H,2-6H2,1H3. The number of carbonyl (C=O) groups is 2. The van der Waals surface area contributed by atoms with E-state index in [1.807, 2.05) is 0 Å². The van der Waals surface area contributed by atoms with Crippen LogP contribution in [0.5, 0.6) is 0 Å². The second kappa shape index (κ2) is 7.40. The third-order valence-electron chi connectivity index (χ3n) is 3.28. The van der Waals surface area contributed by atoms with Gasteiger partial charge in [0.1, 0.15) is 0 Å². The molecule has 0 bridgehead atoms. The van der Waals surface area contributed by atoms with Gasteiger partial charge in [-0.15, -0.1) is 11.6 Å². The highest BCUT2D eigenvalue weighted by Crippen LogP contribution is 2.30. The first-order chi connectivity index (χ1) is 9.77. The number of halogens is 5. The molecule has 0 radical (unpaired) electrons. The minimum atomic E-state index is -4.79. The maximum absolute atomic E-state index is 13.3. The van der Waals surface area contributed by atoms with Gasteiger partial charge in [-0.2, -0.15) is 8.78 Å². The highest BCUT2D eigenvalue weighted by atomic mass is 35.5. The largest absolute Gasteiger partial charge is 0.383 e. The molecule has 122 valence electrons. The summed E-state index contributed by atoms with van der Waals surface area (Å²) in [7, 11) is 0. The Morgan fingerprint density at radius 1 is 1.38 bits per heavy atom. The van der Waals surface area contributed by atoms with Gasteiger partial charge in [-0.05, 0) is 6.42 Å². The zero-order valence-electron chi connectivity index (χ0n) is 11.3. The highest BCUT2D eigenvalue weighted by Gasteiger charge is 2.53. The van der Waals surface area contributed by atoms with E-state index in [1.165, 1.54) is 0 Å². The molecule has 0 aliphatic carbocycles. The van der Waals surface area contributed by atoms with E-state index < -0.39 is 36.0 Å². The summed E-state index contributed by atoms with van der Waals surface area (Å²) in [6.45, 7) is 1.22. The van der Waals surface area contributed by atoms with Gasteiger partial charge in [-0.25, -0.2) is 8.78 Å². The van der Waals surface area contributed by atoms with Crippen molar-refractivity contribution in [1.82, 2.24) is 4.90 Å². The van der Waals surface area contributed by atoms with Crippen LogP contribution in [0.4, 0.5) is 17.6 Å². The Balaban J connectivity index is 3.00. The van der Waals surface area contributed by atoms with Gasteiger partial charge >= 0.3 is 12.3 Å². The van der Waals surface area contributed by atoms with Gasteiger partial charge in [0.25, 0.3) is 5.91 Å². The molecule has 1 saturated heterocycles. The number of ether oxygens (including phenoxy) is 1. The molecule has 0 aromatic carbocycles. The van der Waals surface area contributed by atoms with Crippen LogP contribution in [-0.4, -0.2) is 60.6 Å². The van der Waals surface area contributed by atoms with Crippen LogP contribution in [0.15, 0.2) is 0 Å². The minimum absolute atomic E-state index is 0.0655. The van der Waals surface area contributed by atoms with Crippen LogP contribution in [-0.2, 0) is 14.3 Å². The quantitative estimate of drug-likeness (QED) is 0.528. The lowest BCUT2D eigenvalue weighted by molar-refractivity contribution is -0.183. The smallest absolute Gasteiger partial charge is 0.378 e. The van der Waals surface area contributed by atoms with Crippen LogP contribution in [0.1, 0.15) is 13.3 Å². The first-order valence-electron chi connectivity index (χ1n) is 6.40. The summed E-state index contributed by atoms with van der Waals surface area (Å²) in [4.78, 5) is 24.0. The Labute approximate surface area is 124 Å². The first-order valence-corrected chi connectivity index (χ1v) is 6.94. The van der Waals surface area contributed by atoms with Crippen LogP contribution in [0.3, 0.4) is 0 Å². The predicted octanol–water partition coefficient (Wildman–Crippen LogP) is 1.95. The van der Waals surface area contributed by atoms with Crippen LogP contribution >= 0.6 is 11.6 Å². The van der Waals surface area contributed by atoms with Crippen LogP contribution in [0.25, 0.3) is 0 Å². The Morgan fingerprint density at radius 2 is 2.00 bits per heavy atom. The molecule has 0 saturated carbocycles. The molecule has 1 amide bonds. The molecule has 2 atom stereocenters. The summed E-state index contributed by atoms with van der Waals surface area (Å²) in [6, 6.07) is -0.992. The number of hydrogen-bond donors (Lipinski definition) is 0. The molecule has 0 N–H and O–H groups in total. The van der Waals surface area contributed by atoms with Crippen molar-refractivity contribution in [3.05, 3.63) is 0 Å². The maximum atomic E-state index is 13.3. The zero-order chi connectivity index (χ0) is 16.2. The van der Waals surface area contributed by atoms with Gasteiger partial charge in [0.2, 0.25) is 0 Å². The molecule has 1 aliphatic heterocycles. The lowest BCUT2D eigenvalue weighted by Crippen LogP contribution is -2.55. The summed E-state index contributed by atoms with van der Waals surface area (Å²) in [5, 5.41) is 0. The molecular formula is C12H16ClF4NO3. The Kier molecular flexibility index (Phi) is 6.40. The van der Waals surface area contributed by atoms with Crippen molar-refractivity contribution in [3.63, 3.8) is 0 Å². The lowest BCUT2D eigenvalue weighted by Gasteiger charge is -2.33. The summed E-state index contributed by atoms with van der Waals surface area (Å²) >= 11 is 5.42. The number of Topliss-reactive ketones (excluding diaryl/α,β-unsaturated/α-hetero) is 1. The van der Waals surface area contributed by atoms with Gasteiger partial charge in [-0.3, -0.25) is 9.59 Å². The fourth-order valence-corrected chi connectivity index (χ4v) is 2.40. The van der Waals surface area contributed by atoms with E-state index >= 15 is 0 Å². The van der Waals surface area contributed by atoms with Gasteiger partial charge in [0.15, 0.2) is 5.78 Å². The molecule has 1 fully saturated rings. The average Bonchev–Trinajstić information content (AvgIpc) is 2.91. The fourth-order valence-electron chi connectivity index (χ4n) is 2.20. The SMILES string of the molecule is CCCN(C(=O)C(F)(F)C(F)F)C1COCC1C(=O)CCl.